The minimum absolute atomic E-state index is 0.125. The van der Waals surface area contributed by atoms with Crippen LogP contribution < -0.4 is 14.8 Å². The van der Waals surface area contributed by atoms with E-state index in [4.69, 9.17) is 4.74 Å². The Balaban J connectivity index is 2.08. The van der Waals surface area contributed by atoms with Gasteiger partial charge < -0.3 is 14.8 Å². The Hall–Kier alpha value is -1.82. The van der Waals surface area contributed by atoms with Crippen LogP contribution in [0.2, 0.25) is 0 Å². The summed E-state index contributed by atoms with van der Waals surface area (Å²) in [5.41, 5.74) is 1.50. The van der Waals surface area contributed by atoms with Gasteiger partial charge in [0, 0.05) is 6.54 Å². The van der Waals surface area contributed by atoms with Gasteiger partial charge in [0.15, 0.2) is 0 Å². The average Bonchev–Trinajstić information content (AvgIpc) is 2.46. The molecule has 0 atom stereocenters. The molecule has 0 aliphatic rings. The summed E-state index contributed by atoms with van der Waals surface area (Å²) < 4.78 is 35.1. The maximum atomic E-state index is 12.3. The van der Waals surface area contributed by atoms with Gasteiger partial charge in [0.1, 0.15) is 11.5 Å². The predicted octanol–water partition coefficient (Wildman–Crippen LogP) is 4.67. The monoisotopic (exact) mass is 357 g/mol. The summed E-state index contributed by atoms with van der Waals surface area (Å²) in [5.74, 6) is 0.861. The third-order valence-electron chi connectivity index (χ3n) is 2.80. The molecule has 2 rings (SSSR count). The molecule has 0 heterocycles. The van der Waals surface area contributed by atoms with Gasteiger partial charge in [-0.2, -0.15) is 8.78 Å². The third-order valence-corrected chi connectivity index (χ3v) is 3.42. The van der Waals surface area contributed by atoms with Gasteiger partial charge in [-0.25, -0.2) is 0 Å². The third kappa shape index (κ3) is 4.32. The normalized spacial score (nSPS) is 10.5. The van der Waals surface area contributed by atoms with Gasteiger partial charge >= 0.3 is 6.61 Å². The maximum Gasteiger partial charge on any atom is 0.387 e. The van der Waals surface area contributed by atoms with Crippen LogP contribution in [0.25, 0.3) is 0 Å². The molecule has 0 fully saturated rings. The smallest absolute Gasteiger partial charge is 0.387 e. The van der Waals surface area contributed by atoms with E-state index in [1.165, 1.54) is 6.07 Å². The standard InChI is InChI=1S/C15H14BrF2NO2/c1-20-13-7-6-10(8-11(13)16)9-19-12-4-2-3-5-14(12)21-15(17)18/h2-8,15,19H,9H2,1H3. The van der Waals surface area contributed by atoms with E-state index in [1.807, 2.05) is 18.2 Å². The number of alkyl halides is 2. The van der Waals surface area contributed by atoms with Gasteiger partial charge in [0.2, 0.25) is 0 Å². The van der Waals surface area contributed by atoms with Crippen LogP contribution in [0.3, 0.4) is 0 Å². The maximum absolute atomic E-state index is 12.3. The highest BCUT2D eigenvalue weighted by Crippen LogP contribution is 2.28. The summed E-state index contributed by atoms with van der Waals surface area (Å²) >= 11 is 3.40. The quantitative estimate of drug-likeness (QED) is 0.814. The number of anilines is 1. The van der Waals surface area contributed by atoms with Crippen LogP contribution in [0, 0.1) is 0 Å². The molecule has 21 heavy (non-hydrogen) atoms. The lowest BCUT2D eigenvalue weighted by Gasteiger charge is -2.13. The molecule has 0 aliphatic carbocycles. The molecule has 112 valence electrons. The number of methoxy groups -OCH3 is 1. The molecular formula is C15H14BrF2NO2. The molecule has 3 nitrogen and oxygen atoms in total. The zero-order valence-electron chi connectivity index (χ0n) is 11.3. The molecule has 2 aromatic rings. The first-order valence-electron chi connectivity index (χ1n) is 6.20. The van der Waals surface area contributed by atoms with Gasteiger partial charge in [0.25, 0.3) is 0 Å². The minimum atomic E-state index is -2.84. The Kier molecular flexibility index (Phi) is 5.38. The summed E-state index contributed by atoms with van der Waals surface area (Å²) in [6.07, 6.45) is 0. The van der Waals surface area contributed by atoms with Crippen molar-refractivity contribution in [2.24, 2.45) is 0 Å². The van der Waals surface area contributed by atoms with Crippen molar-refractivity contribution in [1.82, 2.24) is 0 Å². The largest absolute Gasteiger partial charge is 0.496 e. The molecule has 0 aliphatic heterocycles. The highest BCUT2D eigenvalue weighted by molar-refractivity contribution is 9.10. The van der Waals surface area contributed by atoms with Crippen LogP contribution in [0.4, 0.5) is 14.5 Å². The van der Waals surface area contributed by atoms with Gasteiger partial charge in [-0.3, -0.25) is 0 Å². The Morgan fingerprint density at radius 1 is 1.14 bits per heavy atom. The zero-order valence-corrected chi connectivity index (χ0v) is 12.9. The molecule has 0 saturated heterocycles. The van der Waals surface area contributed by atoms with Crippen molar-refractivity contribution in [2.45, 2.75) is 13.2 Å². The van der Waals surface area contributed by atoms with Crippen molar-refractivity contribution < 1.29 is 18.3 Å². The average molecular weight is 358 g/mol. The lowest BCUT2D eigenvalue weighted by Crippen LogP contribution is -2.06. The van der Waals surface area contributed by atoms with E-state index in [2.05, 4.69) is 26.0 Å². The van der Waals surface area contributed by atoms with Gasteiger partial charge in [-0.05, 0) is 45.8 Å². The molecule has 0 spiro atoms. The lowest BCUT2D eigenvalue weighted by molar-refractivity contribution is -0.0493. The van der Waals surface area contributed by atoms with Crippen LogP contribution in [0.5, 0.6) is 11.5 Å². The highest BCUT2D eigenvalue weighted by Gasteiger charge is 2.09. The van der Waals surface area contributed by atoms with Gasteiger partial charge in [-0.15, -0.1) is 0 Å². The van der Waals surface area contributed by atoms with E-state index in [1.54, 1.807) is 25.3 Å². The van der Waals surface area contributed by atoms with E-state index in [-0.39, 0.29) is 5.75 Å². The van der Waals surface area contributed by atoms with Crippen LogP contribution in [0.15, 0.2) is 46.9 Å². The second-order valence-corrected chi connectivity index (χ2v) is 5.05. The molecule has 0 bridgehead atoms. The van der Waals surface area contributed by atoms with E-state index >= 15 is 0 Å². The van der Waals surface area contributed by atoms with Crippen molar-refractivity contribution in [1.29, 1.82) is 0 Å². The van der Waals surface area contributed by atoms with Crippen LogP contribution in [-0.4, -0.2) is 13.7 Å². The number of ether oxygens (including phenoxy) is 2. The number of para-hydroxylation sites is 2. The first kappa shape index (κ1) is 15.6. The van der Waals surface area contributed by atoms with E-state index in [0.29, 0.717) is 12.2 Å². The van der Waals surface area contributed by atoms with Crippen molar-refractivity contribution in [3.05, 3.63) is 52.5 Å². The van der Waals surface area contributed by atoms with Gasteiger partial charge in [-0.1, -0.05) is 18.2 Å². The molecule has 0 saturated carbocycles. The summed E-state index contributed by atoms with van der Waals surface area (Å²) in [6.45, 7) is -2.37. The first-order valence-corrected chi connectivity index (χ1v) is 6.99. The van der Waals surface area contributed by atoms with E-state index in [9.17, 15) is 8.78 Å². The zero-order chi connectivity index (χ0) is 15.2. The highest BCUT2D eigenvalue weighted by atomic mass is 79.9. The van der Waals surface area contributed by atoms with E-state index in [0.717, 1.165) is 15.8 Å². The number of rotatable bonds is 6. The molecule has 0 radical (unpaired) electrons. The second-order valence-electron chi connectivity index (χ2n) is 4.20. The van der Waals surface area contributed by atoms with Crippen LogP contribution in [0.1, 0.15) is 5.56 Å². The number of halogens is 3. The van der Waals surface area contributed by atoms with Gasteiger partial charge in [0.05, 0.1) is 17.3 Å². The Bertz CT molecular complexity index is 608. The fourth-order valence-corrected chi connectivity index (χ4v) is 2.42. The van der Waals surface area contributed by atoms with Crippen molar-refractivity contribution in [3.63, 3.8) is 0 Å². The van der Waals surface area contributed by atoms with Crippen molar-refractivity contribution in [3.8, 4) is 11.5 Å². The van der Waals surface area contributed by atoms with Crippen LogP contribution >= 0.6 is 15.9 Å². The number of benzene rings is 2. The van der Waals surface area contributed by atoms with Crippen molar-refractivity contribution in [2.75, 3.05) is 12.4 Å². The molecular weight excluding hydrogens is 344 g/mol. The Morgan fingerprint density at radius 2 is 1.90 bits per heavy atom. The topological polar surface area (TPSA) is 30.5 Å². The fourth-order valence-electron chi connectivity index (χ4n) is 1.83. The molecule has 1 N–H and O–H groups in total. The summed E-state index contributed by atoms with van der Waals surface area (Å²) in [5, 5.41) is 3.08. The molecule has 2 aromatic carbocycles. The van der Waals surface area contributed by atoms with Crippen LogP contribution in [-0.2, 0) is 6.54 Å². The molecule has 0 unspecified atom stereocenters. The Labute approximate surface area is 130 Å². The molecule has 0 aromatic heterocycles. The molecule has 0 amide bonds. The number of hydrogen-bond donors (Lipinski definition) is 1. The molecule has 6 heteroatoms. The summed E-state index contributed by atoms with van der Waals surface area (Å²) in [6, 6.07) is 12.2. The minimum Gasteiger partial charge on any atom is -0.496 e. The predicted molar refractivity (Wildman–Crippen MR) is 81.1 cm³/mol. The SMILES string of the molecule is COc1ccc(CNc2ccccc2OC(F)F)cc1Br. The Morgan fingerprint density at radius 3 is 2.57 bits per heavy atom. The number of nitrogens with one attached hydrogen (secondary N) is 1. The van der Waals surface area contributed by atoms with Crippen molar-refractivity contribution >= 4 is 21.6 Å². The lowest BCUT2D eigenvalue weighted by atomic mass is 10.2. The van der Waals surface area contributed by atoms with E-state index < -0.39 is 6.61 Å². The summed E-state index contributed by atoms with van der Waals surface area (Å²) in [4.78, 5) is 0. The second kappa shape index (κ2) is 7.26. The first-order chi connectivity index (χ1) is 10.1. The fraction of sp³-hybridized carbons (Fsp3) is 0.200. The summed E-state index contributed by atoms with van der Waals surface area (Å²) in [7, 11) is 1.59. The number of hydrogen-bond acceptors (Lipinski definition) is 3.